The van der Waals surface area contributed by atoms with Crippen LogP contribution in [-0.4, -0.2) is 43.4 Å². The van der Waals surface area contributed by atoms with Crippen LogP contribution in [0.5, 0.6) is 5.75 Å². The molecule has 3 rings (SSSR count). The minimum atomic E-state index is -0.0246. The van der Waals surface area contributed by atoms with Crippen molar-refractivity contribution in [1.29, 1.82) is 0 Å². The third-order valence-electron chi connectivity index (χ3n) is 4.77. The van der Waals surface area contributed by atoms with E-state index in [-0.39, 0.29) is 6.61 Å². The monoisotopic (exact) mass is 327 g/mol. The quantitative estimate of drug-likeness (QED) is 0.915. The number of ether oxygens (including phenoxy) is 2. The highest BCUT2D eigenvalue weighted by Crippen LogP contribution is 2.29. The molecular formula is C20H25NO3. The van der Waals surface area contributed by atoms with Gasteiger partial charge in [0, 0.05) is 24.7 Å². The van der Waals surface area contributed by atoms with Gasteiger partial charge in [0.1, 0.15) is 5.75 Å². The summed E-state index contributed by atoms with van der Waals surface area (Å²) in [5, 5.41) is 9.49. The summed E-state index contributed by atoms with van der Waals surface area (Å²) in [6.07, 6.45) is 0. The number of benzene rings is 2. The normalized spacial score (nSPS) is 16.8. The van der Waals surface area contributed by atoms with Gasteiger partial charge in [-0.1, -0.05) is 30.3 Å². The maximum Gasteiger partial charge on any atom is 0.124 e. The third kappa shape index (κ3) is 3.61. The summed E-state index contributed by atoms with van der Waals surface area (Å²) in [7, 11) is 1.62. The Morgan fingerprint density at radius 1 is 1.08 bits per heavy atom. The predicted molar refractivity (Wildman–Crippen MR) is 95.2 cm³/mol. The Hall–Kier alpha value is -1.88. The smallest absolute Gasteiger partial charge is 0.124 e. The van der Waals surface area contributed by atoms with Gasteiger partial charge in [0.2, 0.25) is 0 Å². The van der Waals surface area contributed by atoms with Crippen molar-refractivity contribution in [3.63, 3.8) is 0 Å². The fourth-order valence-corrected chi connectivity index (χ4v) is 3.21. The summed E-state index contributed by atoms with van der Waals surface area (Å²) in [6, 6.07) is 15.0. The molecule has 0 radical (unpaired) electrons. The van der Waals surface area contributed by atoms with Gasteiger partial charge in [-0.15, -0.1) is 0 Å². The van der Waals surface area contributed by atoms with E-state index in [2.05, 4.69) is 36.1 Å². The largest absolute Gasteiger partial charge is 0.496 e. The maximum absolute atomic E-state index is 9.49. The van der Waals surface area contributed by atoms with Gasteiger partial charge < -0.3 is 14.6 Å². The summed E-state index contributed by atoms with van der Waals surface area (Å²) in [4.78, 5) is 2.45. The summed E-state index contributed by atoms with van der Waals surface area (Å²) >= 11 is 0. The van der Waals surface area contributed by atoms with Gasteiger partial charge in [0.25, 0.3) is 0 Å². The van der Waals surface area contributed by atoms with Crippen molar-refractivity contribution in [2.45, 2.75) is 19.6 Å². The Labute approximate surface area is 143 Å². The minimum absolute atomic E-state index is 0.0246. The van der Waals surface area contributed by atoms with Crippen LogP contribution in [0.15, 0.2) is 42.5 Å². The fourth-order valence-electron chi connectivity index (χ4n) is 3.21. The molecular weight excluding hydrogens is 302 g/mol. The number of hydrogen-bond acceptors (Lipinski definition) is 4. The minimum Gasteiger partial charge on any atom is -0.496 e. The molecule has 128 valence electrons. The zero-order valence-corrected chi connectivity index (χ0v) is 14.4. The molecule has 2 aromatic carbocycles. The molecule has 0 aliphatic carbocycles. The zero-order chi connectivity index (χ0) is 16.9. The molecule has 1 atom stereocenters. The zero-order valence-electron chi connectivity index (χ0n) is 14.4. The van der Waals surface area contributed by atoms with Crippen LogP contribution in [0.1, 0.15) is 24.1 Å². The molecule has 0 saturated carbocycles. The number of methoxy groups -OCH3 is 1. The second-order valence-electron chi connectivity index (χ2n) is 6.13. The Balaban J connectivity index is 1.79. The highest BCUT2D eigenvalue weighted by Gasteiger charge is 2.18. The lowest BCUT2D eigenvalue weighted by Gasteiger charge is -2.32. The van der Waals surface area contributed by atoms with E-state index in [0.717, 1.165) is 48.7 Å². The molecule has 1 saturated heterocycles. The molecule has 4 heteroatoms. The molecule has 1 heterocycles. The molecule has 0 spiro atoms. The lowest BCUT2D eigenvalue weighted by atomic mass is 9.99. The van der Waals surface area contributed by atoms with Crippen LogP contribution < -0.4 is 4.74 Å². The highest BCUT2D eigenvalue weighted by atomic mass is 16.5. The molecule has 1 aliphatic heterocycles. The Morgan fingerprint density at radius 3 is 2.38 bits per heavy atom. The number of hydrogen-bond donors (Lipinski definition) is 1. The second kappa shape index (κ2) is 7.79. The molecule has 2 aromatic rings. The van der Waals surface area contributed by atoms with E-state index in [1.165, 1.54) is 5.56 Å². The van der Waals surface area contributed by atoms with E-state index < -0.39 is 0 Å². The first kappa shape index (κ1) is 17.0. The first-order valence-corrected chi connectivity index (χ1v) is 8.43. The van der Waals surface area contributed by atoms with Crippen molar-refractivity contribution >= 4 is 0 Å². The number of rotatable bonds is 5. The summed E-state index contributed by atoms with van der Waals surface area (Å²) in [5.41, 5.74) is 4.35. The van der Waals surface area contributed by atoms with Gasteiger partial charge in [-0.3, -0.25) is 4.90 Å². The first-order chi connectivity index (χ1) is 11.7. The first-order valence-electron chi connectivity index (χ1n) is 8.43. The SMILES string of the molecule is COc1ccc(-c2ccc(C(C)N3CCOCC3)cc2)cc1CO. The lowest BCUT2D eigenvalue weighted by Crippen LogP contribution is -2.37. The van der Waals surface area contributed by atoms with Crippen molar-refractivity contribution in [3.8, 4) is 16.9 Å². The van der Waals surface area contributed by atoms with E-state index in [4.69, 9.17) is 9.47 Å². The Kier molecular flexibility index (Phi) is 5.51. The third-order valence-corrected chi connectivity index (χ3v) is 4.77. The molecule has 0 aromatic heterocycles. The van der Waals surface area contributed by atoms with Gasteiger partial charge in [-0.05, 0) is 35.7 Å². The van der Waals surface area contributed by atoms with E-state index in [9.17, 15) is 5.11 Å². The van der Waals surface area contributed by atoms with Gasteiger partial charge in [0.15, 0.2) is 0 Å². The van der Waals surface area contributed by atoms with Crippen LogP contribution in [0.2, 0.25) is 0 Å². The molecule has 24 heavy (non-hydrogen) atoms. The molecule has 4 nitrogen and oxygen atoms in total. The summed E-state index contributed by atoms with van der Waals surface area (Å²) < 4.78 is 10.7. The van der Waals surface area contributed by atoms with E-state index in [1.54, 1.807) is 7.11 Å². The van der Waals surface area contributed by atoms with E-state index in [1.807, 2.05) is 18.2 Å². The number of morpholine rings is 1. The van der Waals surface area contributed by atoms with E-state index >= 15 is 0 Å². The van der Waals surface area contributed by atoms with Gasteiger partial charge in [-0.25, -0.2) is 0 Å². The molecule has 1 unspecified atom stereocenters. The summed E-state index contributed by atoms with van der Waals surface area (Å²) in [5.74, 6) is 0.721. The van der Waals surface area contributed by atoms with Gasteiger partial charge in [0.05, 0.1) is 26.9 Å². The number of nitrogens with zero attached hydrogens (tertiary/aromatic N) is 1. The average Bonchev–Trinajstić information content (AvgIpc) is 2.67. The molecule has 0 bridgehead atoms. The lowest BCUT2D eigenvalue weighted by molar-refractivity contribution is 0.0198. The Bertz CT molecular complexity index is 663. The van der Waals surface area contributed by atoms with Crippen molar-refractivity contribution in [1.82, 2.24) is 4.90 Å². The predicted octanol–water partition coefficient (Wildman–Crippen LogP) is 3.25. The Morgan fingerprint density at radius 2 is 1.75 bits per heavy atom. The van der Waals surface area contributed by atoms with Crippen molar-refractivity contribution < 1.29 is 14.6 Å². The maximum atomic E-state index is 9.49. The summed E-state index contributed by atoms with van der Waals surface area (Å²) in [6.45, 7) is 5.83. The molecule has 0 amide bonds. The van der Waals surface area contributed by atoms with Crippen molar-refractivity contribution in [2.75, 3.05) is 33.4 Å². The topological polar surface area (TPSA) is 41.9 Å². The van der Waals surface area contributed by atoms with Crippen LogP contribution in [-0.2, 0) is 11.3 Å². The van der Waals surface area contributed by atoms with Crippen LogP contribution >= 0.6 is 0 Å². The molecule has 1 aliphatic rings. The van der Waals surface area contributed by atoms with E-state index in [0.29, 0.717) is 6.04 Å². The number of aliphatic hydroxyl groups excluding tert-OH is 1. The standard InChI is InChI=1S/C20H25NO3/c1-15(21-9-11-24-12-10-21)16-3-5-17(6-4-16)18-7-8-20(23-2)19(13-18)14-22/h3-8,13,15,22H,9-12,14H2,1-2H3. The molecule has 1 N–H and O–H groups in total. The van der Waals surface area contributed by atoms with Crippen molar-refractivity contribution in [2.24, 2.45) is 0 Å². The van der Waals surface area contributed by atoms with Crippen molar-refractivity contribution in [3.05, 3.63) is 53.6 Å². The molecule has 1 fully saturated rings. The van der Waals surface area contributed by atoms with Gasteiger partial charge in [-0.2, -0.15) is 0 Å². The van der Waals surface area contributed by atoms with Crippen LogP contribution in [0.3, 0.4) is 0 Å². The highest BCUT2D eigenvalue weighted by molar-refractivity contribution is 5.66. The van der Waals surface area contributed by atoms with Crippen LogP contribution in [0.25, 0.3) is 11.1 Å². The van der Waals surface area contributed by atoms with Crippen LogP contribution in [0, 0.1) is 0 Å². The second-order valence-corrected chi connectivity index (χ2v) is 6.13. The van der Waals surface area contributed by atoms with Crippen LogP contribution in [0.4, 0.5) is 0 Å². The number of aliphatic hydroxyl groups is 1. The fraction of sp³-hybridized carbons (Fsp3) is 0.400. The average molecular weight is 327 g/mol. The van der Waals surface area contributed by atoms with Gasteiger partial charge >= 0.3 is 0 Å².